The van der Waals surface area contributed by atoms with Crippen LogP contribution in [0.3, 0.4) is 0 Å². The van der Waals surface area contributed by atoms with Crippen molar-refractivity contribution in [1.29, 1.82) is 0 Å². The maximum absolute atomic E-state index is 12.1. The molecule has 1 atom stereocenters. The molecule has 1 aromatic heterocycles. The van der Waals surface area contributed by atoms with E-state index in [2.05, 4.69) is 10.2 Å². The van der Waals surface area contributed by atoms with E-state index in [1.165, 1.54) is 22.7 Å². The standard InChI is InChI=1S/C10H19N5O3S/c1-8-5-14(19(16,17)13(2)3)6-9-11-12-10(7-18-4)15(8)9/h8H,5-7H2,1-4H3/t8-/m0/s1. The molecule has 1 aromatic rings. The Labute approximate surface area is 113 Å². The Hall–Kier alpha value is -1.03. The summed E-state index contributed by atoms with van der Waals surface area (Å²) in [5.74, 6) is 1.38. The Balaban J connectivity index is 2.31. The number of hydrogen-bond acceptors (Lipinski definition) is 5. The average molecular weight is 289 g/mol. The molecule has 0 spiro atoms. The van der Waals surface area contributed by atoms with Gasteiger partial charge in [-0.2, -0.15) is 17.0 Å². The van der Waals surface area contributed by atoms with Crippen molar-refractivity contribution in [2.45, 2.75) is 26.1 Å². The van der Waals surface area contributed by atoms with Gasteiger partial charge in [-0.1, -0.05) is 0 Å². The summed E-state index contributed by atoms with van der Waals surface area (Å²) in [4.78, 5) is 0. The molecule has 0 aromatic carbocycles. The van der Waals surface area contributed by atoms with Gasteiger partial charge in [0.15, 0.2) is 5.82 Å². The molecule has 0 bridgehead atoms. The normalized spacial score (nSPS) is 20.8. The van der Waals surface area contributed by atoms with Gasteiger partial charge >= 0.3 is 0 Å². The Bertz CT molecular complexity index is 554. The third-order valence-corrected chi connectivity index (χ3v) is 4.98. The monoisotopic (exact) mass is 289 g/mol. The van der Waals surface area contributed by atoms with Crippen molar-refractivity contribution in [3.05, 3.63) is 11.6 Å². The molecule has 0 aliphatic carbocycles. The number of ether oxygens (including phenoxy) is 1. The SMILES string of the molecule is COCc1nnc2n1[C@@H](C)CN(S(=O)(=O)N(C)C)C2. The molecular formula is C10H19N5O3S. The summed E-state index contributed by atoms with van der Waals surface area (Å²) in [5.41, 5.74) is 0. The number of hydrogen-bond donors (Lipinski definition) is 0. The van der Waals surface area contributed by atoms with E-state index in [0.29, 0.717) is 19.0 Å². The van der Waals surface area contributed by atoms with E-state index in [4.69, 9.17) is 4.74 Å². The van der Waals surface area contributed by atoms with Gasteiger partial charge in [-0.3, -0.25) is 0 Å². The largest absolute Gasteiger partial charge is 0.377 e. The van der Waals surface area contributed by atoms with Crippen LogP contribution < -0.4 is 0 Å². The number of aromatic nitrogens is 3. The van der Waals surface area contributed by atoms with Crippen LogP contribution >= 0.6 is 0 Å². The molecule has 0 radical (unpaired) electrons. The fourth-order valence-corrected chi connectivity index (χ4v) is 3.35. The third kappa shape index (κ3) is 2.50. The van der Waals surface area contributed by atoms with Crippen molar-refractivity contribution in [2.24, 2.45) is 0 Å². The lowest BCUT2D eigenvalue weighted by atomic mass is 10.2. The second-order valence-electron chi connectivity index (χ2n) is 4.77. The Morgan fingerprint density at radius 2 is 2.11 bits per heavy atom. The molecule has 1 aliphatic rings. The van der Waals surface area contributed by atoms with Gasteiger partial charge < -0.3 is 9.30 Å². The highest BCUT2D eigenvalue weighted by atomic mass is 32.2. The molecule has 19 heavy (non-hydrogen) atoms. The van der Waals surface area contributed by atoms with Gasteiger partial charge in [0.25, 0.3) is 10.2 Å². The molecule has 0 saturated heterocycles. The van der Waals surface area contributed by atoms with Crippen LogP contribution in [0.2, 0.25) is 0 Å². The number of fused-ring (bicyclic) bond motifs is 1. The van der Waals surface area contributed by atoms with E-state index < -0.39 is 10.2 Å². The highest BCUT2D eigenvalue weighted by molar-refractivity contribution is 7.86. The number of nitrogens with zero attached hydrogens (tertiary/aromatic N) is 5. The molecular weight excluding hydrogens is 270 g/mol. The maximum Gasteiger partial charge on any atom is 0.281 e. The number of rotatable bonds is 4. The van der Waals surface area contributed by atoms with E-state index in [0.717, 1.165) is 5.82 Å². The van der Waals surface area contributed by atoms with Crippen molar-refractivity contribution in [1.82, 2.24) is 23.4 Å². The van der Waals surface area contributed by atoms with E-state index >= 15 is 0 Å². The summed E-state index contributed by atoms with van der Waals surface area (Å²) >= 11 is 0. The fourth-order valence-electron chi connectivity index (χ4n) is 2.21. The smallest absolute Gasteiger partial charge is 0.281 e. The van der Waals surface area contributed by atoms with Gasteiger partial charge in [-0.15, -0.1) is 10.2 Å². The van der Waals surface area contributed by atoms with Gasteiger partial charge in [0.2, 0.25) is 0 Å². The molecule has 9 heteroatoms. The first kappa shape index (κ1) is 14.4. The predicted molar refractivity (Wildman–Crippen MR) is 68.5 cm³/mol. The highest BCUT2D eigenvalue weighted by Gasteiger charge is 2.34. The average Bonchev–Trinajstić information content (AvgIpc) is 2.73. The lowest BCUT2D eigenvalue weighted by molar-refractivity contribution is 0.167. The van der Waals surface area contributed by atoms with Crippen molar-refractivity contribution in [3.8, 4) is 0 Å². The number of methoxy groups -OCH3 is 1. The quantitative estimate of drug-likeness (QED) is 0.754. The summed E-state index contributed by atoms with van der Waals surface area (Å²) in [7, 11) is 1.22. The molecule has 2 rings (SSSR count). The molecule has 0 saturated carbocycles. The summed E-state index contributed by atoms with van der Waals surface area (Å²) in [6.45, 7) is 2.96. The lowest BCUT2D eigenvalue weighted by Gasteiger charge is -2.33. The molecule has 2 heterocycles. The summed E-state index contributed by atoms with van der Waals surface area (Å²) in [6.07, 6.45) is 0. The minimum atomic E-state index is -3.42. The molecule has 0 unspecified atom stereocenters. The van der Waals surface area contributed by atoms with Crippen LogP contribution in [0.1, 0.15) is 24.6 Å². The van der Waals surface area contributed by atoms with Crippen LogP contribution in [-0.4, -0.2) is 59.5 Å². The molecule has 0 fully saturated rings. The van der Waals surface area contributed by atoms with Crippen molar-refractivity contribution >= 4 is 10.2 Å². The third-order valence-electron chi connectivity index (χ3n) is 3.12. The van der Waals surface area contributed by atoms with Crippen LogP contribution in [0.5, 0.6) is 0 Å². The van der Waals surface area contributed by atoms with Crippen molar-refractivity contribution < 1.29 is 13.2 Å². The molecule has 0 amide bonds. The minimum absolute atomic E-state index is 0.0152. The predicted octanol–water partition coefficient (Wildman–Crippen LogP) is -0.392. The van der Waals surface area contributed by atoms with Gasteiger partial charge in [0, 0.05) is 33.8 Å². The summed E-state index contributed by atoms with van der Waals surface area (Å²) in [6, 6.07) is -0.0152. The first-order valence-electron chi connectivity index (χ1n) is 5.97. The van der Waals surface area contributed by atoms with E-state index in [1.54, 1.807) is 7.11 Å². The Morgan fingerprint density at radius 1 is 1.42 bits per heavy atom. The zero-order valence-electron chi connectivity index (χ0n) is 11.6. The Morgan fingerprint density at radius 3 is 2.68 bits per heavy atom. The van der Waals surface area contributed by atoms with Crippen molar-refractivity contribution in [2.75, 3.05) is 27.7 Å². The molecule has 1 aliphatic heterocycles. The maximum atomic E-state index is 12.1. The van der Waals surface area contributed by atoms with E-state index in [1.807, 2.05) is 11.5 Å². The zero-order chi connectivity index (χ0) is 14.2. The van der Waals surface area contributed by atoms with Crippen molar-refractivity contribution in [3.63, 3.8) is 0 Å². The van der Waals surface area contributed by atoms with Gasteiger partial charge in [-0.25, -0.2) is 0 Å². The Kier molecular flexibility index (Phi) is 3.90. The summed E-state index contributed by atoms with van der Waals surface area (Å²) in [5, 5.41) is 8.11. The van der Waals surface area contributed by atoms with Crippen LogP contribution in [0.25, 0.3) is 0 Å². The molecule has 8 nitrogen and oxygen atoms in total. The minimum Gasteiger partial charge on any atom is -0.377 e. The lowest BCUT2D eigenvalue weighted by Crippen LogP contribution is -2.45. The fraction of sp³-hybridized carbons (Fsp3) is 0.800. The first-order chi connectivity index (χ1) is 8.87. The van der Waals surface area contributed by atoms with Crippen LogP contribution in [0.15, 0.2) is 0 Å². The van der Waals surface area contributed by atoms with Crippen LogP contribution in [-0.2, 0) is 28.1 Å². The van der Waals surface area contributed by atoms with Crippen LogP contribution in [0.4, 0.5) is 0 Å². The van der Waals surface area contributed by atoms with E-state index in [-0.39, 0.29) is 12.6 Å². The highest BCUT2D eigenvalue weighted by Crippen LogP contribution is 2.24. The molecule has 108 valence electrons. The topological polar surface area (TPSA) is 80.6 Å². The van der Waals surface area contributed by atoms with Crippen LogP contribution in [0, 0.1) is 0 Å². The molecule has 0 N–H and O–H groups in total. The van der Waals surface area contributed by atoms with Gasteiger partial charge in [-0.05, 0) is 6.92 Å². The van der Waals surface area contributed by atoms with Gasteiger partial charge in [0.1, 0.15) is 12.4 Å². The summed E-state index contributed by atoms with van der Waals surface area (Å²) < 4.78 is 33.9. The second kappa shape index (κ2) is 5.16. The van der Waals surface area contributed by atoms with Gasteiger partial charge in [0.05, 0.1) is 6.54 Å². The zero-order valence-corrected chi connectivity index (χ0v) is 12.4. The van der Waals surface area contributed by atoms with E-state index in [9.17, 15) is 8.42 Å². The first-order valence-corrected chi connectivity index (χ1v) is 7.36. The second-order valence-corrected chi connectivity index (χ2v) is 6.91.